The third kappa shape index (κ3) is 3.90. The van der Waals surface area contributed by atoms with Crippen molar-refractivity contribution in [1.29, 1.82) is 5.26 Å². The minimum atomic E-state index is -1.30. The molecule has 2 aromatic rings. The maximum Gasteiger partial charge on any atom is 0.340 e. The first-order valence-electron chi connectivity index (χ1n) is 9.50. The molecule has 0 saturated carbocycles. The van der Waals surface area contributed by atoms with E-state index in [4.69, 9.17) is 27.9 Å². The number of hydrazine groups is 1. The second-order valence-electron chi connectivity index (χ2n) is 7.99. The Morgan fingerprint density at radius 1 is 1.12 bits per heavy atom. The zero-order valence-corrected chi connectivity index (χ0v) is 18.5. The van der Waals surface area contributed by atoms with Gasteiger partial charge in [-0.2, -0.15) is 5.26 Å². The first-order chi connectivity index (χ1) is 15.1. The Morgan fingerprint density at radius 3 is 2.47 bits per heavy atom. The normalized spacial score (nSPS) is 19.3. The minimum Gasteiger partial charge on any atom is -0.454 e. The van der Waals surface area contributed by atoms with Crippen molar-refractivity contribution in [2.45, 2.75) is 31.7 Å². The van der Waals surface area contributed by atoms with E-state index in [1.165, 1.54) is 12.1 Å². The number of hydrogen-bond donors (Lipinski definition) is 3. The number of carbonyl (C=O) groups excluding carboxylic acids is 3. The van der Waals surface area contributed by atoms with Gasteiger partial charge in [-0.15, -0.1) is 0 Å². The van der Waals surface area contributed by atoms with Crippen LogP contribution in [0.3, 0.4) is 0 Å². The van der Waals surface area contributed by atoms with E-state index < -0.39 is 18.0 Å². The summed E-state index contributed by atoms with van der Waals surface area (Å²) < 4.78 is 5.94. The zero-order valence-electron chi connectivity index (χ0n) is 17.0. The second kappa shape index (κ2) is 7.89. The van der Waals surface area contributed by atoms with Gasteiger partial charge in [-0.3, -0.25) is 19.9 Å². The number of anilines is 2. The number of fused-ring (bicyclic) bond motifs is 1. The lowest BCUT2D eigenvalue weighted by molar-refractivity contribution is -0.121. The Kier molecular flexibility index (Phi) is 5.36. The standard InChI is InChI=1S/C21H17Cl2N5O4/c1-21(2)8-17(29)25-15-4-3-11(7-12(15)21)32-18-13(22)5-10(6-14(18)23)28-16(9-24)19(30)26-20(31)27-28/h3-7,16H,8H2,1-2H3,(H,25,29)(H2,26,27,30,31). The highest BCUT2D eigenvalue weighted by Gasteiger charge is 2.35. The Morgan fingerprint density at radius 2 is 1.81 bits per heavy atom. The quantitative estimate of drug-likeness (QED) is 0.621. The summed E-state index contributed by atoms with van der Waals surface area (Å²) >= 11 is 12.8. The molecule has 0 bridgehead atoms. The number of nitrogens with zero attached hydrogens (tertiary/aromatic N) is 2. The molecular weight excluding hydrogens is 457 g/mol. The van der Waals surface area contributed by atoms with Gasteiger partial charge >= 0.3 is 6.03 Å². The summed E-state index contributed by atoms with van der Waals surface area (Å²) in [6.07, 6.45) is 0.342. The number of amides is 4. The predicted octanol–water partition coefficient (Wildman–Crippen LogP) is 3.86. The van der Waals surface area contributed by atoms with Crippen LogP contribution in [0.5, 0.6) is 11.5 Å². The SMILES string of the molecule is CC1(C)CC(=O)Nc2ccc(Oc3c(Cl)cc(N4NC(=O)NC(=O)C4C#N)cc3Cl)cc21. The van der Waals surface area contributed by atoms with Crippen molar-refractivity contribution in [2.75, 3.05) is 10.3 Å². The van der Waals surface area contributed by atoms with Crippen molar-refractivity contribution in [3.63, 3.8) is 0 Å². The highest BCUT2D eigenvalue weighted by molar-refractivity contribution is 6.37. The first kappa shape index (κ1) is 21.7. The number of ether oxygens (including phenoxy) is 1. The highest BCUT2D eigenvalue weighted by atomic mass is 35.5. The summed E-state index contributed by atoms with van der Waals surface area (Å²) in [6, 6.07) is 7.82. The molecule has 2 aliphatic heterocycles. The van der Waals surface area contributed by atoms with Gasteiger partial charge in [0.25, 0.3) is 5.91 Å². The molecule has 9 nitrogen and oxygen atoms in total. The number of carbonyl (C=O) groups is 3. The minimum absolute atomic E-state index is 0.0491. The molecule has 0 aliphatic carbocycles. The molecule has 3 N–H and O–H groups in total. The third-order valence-electron chi connectivity index (χ3n) is 5.17. The van der Waals surface area contributed by atoms with Gasteiger partial charge in [0.05, 0.1) is 21.8 Å². The van der Waals surface area contributed by atoms with Gasteiger partial charge in [-0.25, -0.2) is 10.2 Å². The molecule has 4 amide bonds. The van der Waals surface area contributed by atoms with E-state index in [-0.39, 0.29) is 32.8 Å². The molecule has 1 atom stereocenters. The van der Waals surface area contributed by atoms with Crippen molar-refractivity contribution < 1.29 is 19.1 Å². The van der Waals surface area contributed by atoms with Crippen LogP contribution >= 0.6 is 23.2 Å². The Labute approximate surface area is 193 Å². The summed E-state index contributed by atoms with van der Waals surface area (Å²) in [4.78, 5) is 35.5. The predicted molar refractivity (Wildman–Crippen MR) is 118 cm³/mol. The smallest absolute Gasteiger partial charge is 0.340 e. The molecule has 0 radical (unpaired) electrons. The summed E-state index contributed by atoms with van der Waals surface area (Å²) in [5.41, 5.74) is 3.86. The van der Waals surface area contributed by atoms with Crippen LogP contribution in [0.1, 0.15) is 25.8 Å². The third-order valence-corrected chi connectivity index (χ3v) is 5.73. The maximum absolute atomic E-state index is 11.9. The van der Waals surface area contributed by atoms with Crippen LogP contribution in [-0.2, 0) is 15.0 Å². The van der Waals surface area contributed by atoms with Crippen LogP contribution in [0.2, 0.25) is 10.0 Å². The van der Waals surface area contributed by atoms with Crippen LogP contribution in [0.25, 0.3) is 0 Å². The Bertz CT molecular complexity index is 1180. The topological polar surface area (TPSA) is 124 Å². The van der Waals surface area contributed by atoms with Gasteiger partial charge in [0, 0.05) is 17.5 Å². The zero-order chi connectivity index (χ0) is 23.2. The van der Waals surface area contributed by atoms with Crippen molar-refractivity contribution >= 4 is 52.4 Å². The van der Waals surface area contributed by atoms with E-state index in [2.05, 4.69) is 10.7 Å². The number of nitrogens with one attached hydrogen (secondary N) is 3. The van der Waals surface area contributed by atoms with E-state index in [0.29, 0.717) is 17.9 Å². The number of hydrogen-bond acceptors (Lipinski definition) is 6. The summed E-state index contributed by atoms with van der Waals surface area (Å²) in [5.74, 6) is -0.194. The molecule has 0 spiro atoms. The maximum atomic E-state index is 11.9. The van der Waals surface area contributed by atoms with Crippen LogP contribution < -0.4 is 25.8 Å². The van der Waals surface area contributed by atoms with Gasteiger partial charge in [-0.1, -0.05) is 37.0 Å². The van der Waals surface area contributed by atoms with Crippen LogP contribution in [-0.4, -0.2) is 23.9 Å². The monoisotopic (exact) mass is 473 g/mol. The largest absolute Gasteiger partial charge is 0.454 e. The fourth-order valence-corrected chi connectivity index (χ4v) is 4.23. The molecule has 4 rings (SSSR count). The molecule has 2 aromatic carbocycles. The molecule has 2 aliphatic rings. The van der Waals surface area contributed by atoms with E-state index in [0.717, 1.165) is 10.6 Å². The van der Waals surface area contributed by atoms with Crippen molar-refractivity contribution in [3.05, 3.63) is 45.9 Å². The number of halogens is 2. The number of imide groups is 1. The lowest BCUT2D eigenvalue weighted by Crippen LogP contribution is -2.64. The molecule has 164 valence electrons. The van der Waals surface area contributed by atoms with Gasteiger partial charge in [-0.05, 0) is 35.9 Å². The van der Waals surface area contributed by atoms with Crippen molar-refractivity contribution in [2.24, 2.45) is 0 Å². The van der Waals surface area contributed by atoms with E-state index in [1.807, 2.05) is 31.3 Å². The van der Waals surface area contributed by atoms with Crippen LogP contribution in [0.15, 0.2) is 30.3 Å². The number of rotatable bonds is 3. The molecule has 1 saturated heterocycles. The van der Waals surface area contributed by atoms with Crippen LogP contribution in [0.4, 0.5) is 16.2 Å². The fraction of sp³-hybridized carbons (Fsp3) is 0.238. The van der Waals surface area contributed by atoms with Crippen molar-refractivity contribution in [3.8, 4) is 17.6 Å². The fourth-order valence-electron chi connectivity index (χ4n) is 3.68. The average molecular weight is 474 g/mol. The Hall–Kier alpha value is -3.48. The number of benzene rings is 2. The van der Waals surface area contributed by atoms with Crippen molar-refractivity contribution in [1.82, 2.24) is 10.7 Å². The van der Waals surface area contributed by atoms with Gasteiger partial charge in [0.1, 0.15) is 5.75 Å². The second-order valence-corrected chi connectivity index (χ2v) is 8.80. The van der Waals surface area contributed by atoms with Gasteiger partial charge in [0.15, 0.2) is 5.75 Å². The molecule has 1 fully saturated rings. The van der Waals surface area contributed by atoms with E-state index in [1.54, 1.807) is 12.1 Å². The van der Waals surface area contributed by atoms with Crippen LogP contribution in [0, 0.1) is 11.3 Å². The van der Waals surface area contributed by atoms with E-state index >= 15 is 0 Å². The molecule has 32 heavy (non-hydrogen) atoms. The molecular formula is C21H17Cl2N5O4. The van der Waals surface area contributed by atoms with Gasteiger partial charge in [0.2, 0.25) is 11.9 Å². The first-order valence-corrected chi connectivity index (χ1v) is 10.3. The number of nitriles is 1. The highest BCUT2D eigenvalue weighted by Crippen LogP contribution is 2.43. The lowest BCUT2D eigenvalue weighted by atomic mass is 9.78. The average Bonchev–Trinajstić information content (AvgIpc) is 2.69. The summed E-state index contributed by atoms with van der Waals surface area (Å²) in [6.45, 7) is 3.94. The summed E-state index contributed by atoms with van der Waals surface area (Å²) in [7, 11) is 0. The Balaban J connectivity index is 1.66. The molecule has 11 heteroatoms. The molecule has 2 heterocycles. The van der Waals surface area contributed by atoms with E-state index in [9.17, 15) is 19.6 Å². The molecule has 0 aromatic heterocycles. The summed E-state index contributed by atoms with van der Waals surface area (Å²) in [5, 5.41) is 15.5. The lowest BCUT2D eigenvalue weighted by Gasteiger charge is -2.33. The number of urea groups is 1. The van der Waals surface area contributed by atoms with Gasteiger partial charge < -0.3 is 10.1 Å². The molecule has 1 unspecified atom stereocenters.